The van der Waals surface area contributed by atoms with Crippen LogP contribution < -0.4 is 5.32 Å². The van der Waals surface area contributed by atoms with Gasteiger partial charge in [-0.3, -0.25) is 9.59 Å². The fourth-order valence-electron chi connectivity index (χ4n) is 2.64. The van der Waals surface area contributed by atoms with E-state index in [1.165, 1.54) is 42.3 Å². The number of hydrogen-bond acceptors (Lipinski definition) is 4. The van der Waals surface area contributed by atoms with Crippen LogP contribution in [0.15, 0.2) is 34.9 Å². The number of carboxylic acids is 2. The van der Waals surface area contributed by atoms with E-state index in [4.69, 9.17) is 5.11 Å². The van der Waals surface area contributed by atoms with E-state index in [2.05, 4.69) is 51.2 Å². The summed E-state index contributed by atoms with van der Waals surface area (Å²) >= 11 is 1.43. The molecule has 0 rings (SSSR count). The Labute approximate surface area is 191 Å². The van der Waals surface area contributed by atoms with Crippen molar-refractivity contribution in [3.63, 3.8) is 0 Å². The fraction of sp³-hybridized carbons (Fsp3) is 0.625. The van der Waals surface area contributed by atoms with Gasteiger partial charge >= 0.3 is 11.9 Å². The van der Waals surface area contributed by atoms with E-state index in [1.807, 2.05) is 0 Å². The molecule has 0 aromatic rings. The van der Waals surface area contributed by atoms with Gasteiger partial charge in [-0.15, -0.1) is 0 Å². The van der Waals surface area contributed by atoms with Crippen molar-refractivity contribution in [1.29, 1.82) is 0 Å². The summed E-state index contributed by atoms with van der Waals surface area (Å²) in [6.07, 6.45) is 10.7. The number of hydrogen-bond donors (Lipinski definition) is 3. The van der Waals surface area contributed by atoms with Gasteiger partial charge in [0.1, 0.15) is 6.04 Å². The third-order valence-electron chi connectivity index (χ3n) is 5.12. The molecule has 0 radical (unpaired) electrons. The lowest BCUT2D eigenvalue weighted by molar-refractivity contribution is -0.147. The first-order valence-corrected chi connectivity index (χ1v) is 11.9. The Bertz CT molecular complexity index is 692. The van der Waals surface area contributed by atoms with Crippen molar-refractivity contribution in [1.82, 2.24) is 5.32 Å². The molecule has 0 spiro atoms. The Morgan fingerprint density at radius 1 is 0.839 bits per heavy atom. The van der Waals surface area contributed by atoms with Crippen LogP contribution in [0, 0.1) is 11.8 Å². The van der Waals surface area contributed by atoms with Crippen LogP contribution in [0.3, 0.4) is 0 Å². The Morgan fingerprint density at radius 2 is 1.39 bits per heavy atom. The second-order valence-corrected chi connectivity index (χ2v) is 9.39. The molecule has 0 heterocycles. The molecule has 0 saturated carbocycles. The third-order valence-corrected chi connectivity index (χ3v) is 6.10. The average Bonchev–Trinajstić information content (AvgIpc) is 2.68. The van der Waals surface area contributed by atoms with Crippen molar-refractivity contribution in [2.45, 2.75) is 73.3 Å². The minimum atomic E-state index is -1.12. The van der Waals surface area contributed by atoms with Gasteiger partial charge in [0.05, 0.1) is 5.92 Å². The molecule has 0 saturated heterocycles. The summed E-state index contributed by atoms with van der Waals surface area (Å²) in [4.78, 5) is 34.6. The number of thioether (sulfide) groups is 1. The van der Waals surface area contributed by atoms with Crippen LogP contribution in [-0.4, -0.2) is 45.6 Å². The van der Waals surface area contributed by atoms with Gasteiger partial charge in [0.25, 0.3) is 0 Å². The van der Waals surface area contributed by atoms with Gasteiger partial charge in [-0.25, -0.2) is 4.79 Å². The lowest BCUT2D eigenvalue weighted by Gasteiger charge is -2.19. The quantitative estimate of drug-likeness (QED) is 0.236. The fourth-order valence-corrected chi connectivity index (χ4v) is 3.64. The monoisotopic (exact) mass is 453 g/mol. The van der Waals surface area contributed by atoms with Gasteiger partial charge in [0.15, 0.2) is 0 Å². The molecule has 0 fully saturated rings. The highest BCUT2D eigenvalue weighted by Gasteiger charge is 2.29. The molecule has 7 heteroatoms. The first kappa shape index (κ1) is 29.0. The molecule has 0 aromatic carbocycles. The molecule has 6 nitrogen and oxygen atoms in total. The predicted molar refractivity (Wildman–Crippen MR) is 128 cm³/mol. The lowest BCUT2D eigenvalue weighted by atomic mass is 9.95. The number of allylic oxidation sites excluding steroid dienone is 5. The molecule has 0 bridgehead atoms. The van der Waals surface area contributed by atoms with E-state index in [0.717, 1.165) is 25.7 Å². The minimum absolute atomic E-state index is 0.225. The summed E-state index contributed by atoms with van der Waals surface area (Å²) in [5, 5.41) is 20.8. The second-order valence-electron chi connectivity index (χ2n) is 8.31. The van der Waals surface area contributed by atoms with Crippen LogP contribution >= 0.6 is 11.8 Å². The summed E-state index contributed by atoms with van der Waals surface area (Å²) in [5.74, 6) is -3.55. The van der Waals surface area contributed by atoms with Crippen molar-refractivity contribution in [2.75, 3.05) is 11.5 Å². The Kier molecular flexibility index (Phi) is 14.7. The molecular formula is C24H39NO5S. The number of carbonyl (C=O) groups is 3. The van der Waals surface area contributed by atoms with Crippen LogP contribution in [0.5, 0.6) is 0 Å². The maximum Gasteiger partial charge on any atom is 0.327 e. The number of carboxylic acid groups (broad SMARTS) is 2. The normalized spacial score (nSPS) is 15.0. The highest BCUT2D eigenvalue weighted by molar-refractivity contribution is 7.99. The van der Waals surface area contributed by atoms with Crippen molar-refractivity contribution in [3.8, 4) is 0 Å². The van der Waals surface area contributed by atoms with Gasteiger partial charge < -0.3 is 15.5 Å². The zero-order valence-corrected chi connectivity index (χ0v) is 20.6. The second kappa shape index (κ2) is 15.7. The zero-order chi connectivity index (χ0) is 24.0. The summed E-state index contributed by atoms with van der Waals surface area (Å²) < 4.78 is 0. The molecular weight excluding hydrogens is 414 g/mol. The molecule has 1 amide bonds. The zero-order valence-electron chi connectivity index (χ0n) is 19.7. The third kappa shape index (κ3) is 13.8. The summed E-state index contributed by atoms with van der Waals surface area (Å²) in [6.45, 7) is 11.4. The van der Waals surface area contributed by atoms with Gasteiger partial charge in [-0.1, -0.05) is 48.8 Å². The van der Waals surface area contributed by atoms with Crippen molar-refractivity contribution in [3.05, 3.63) is 34.9 Å². The summed E-state index contributed by atoms with van der Waals surface area (Å²) in [5.41, 5.74) is 3.99. The van der Waals surface area contributed by atoms with Crippen LogP contribution in [-0.2, 0) is 14.4 Å². The number of nitrogens with one attached hydrogen (secondary N) is 1. The van der Waals surface area contributed by atoms with Crippen molar-refractivity contribution < 1.29 is 24.6 Å². The SMILES string of the molecule is CC(C)=CCC/C(C)=C/CC/C(C)=C/CSC[C@H](NC(=O)[C@H](C)C(C)C(=O)O)C(=O)O. The molecule has 1 unspecified atom stereocenters. The van der Waals surface area contributed by atoms with E-state index in [1.54, 1.807) is 0 Å². The van der Waals surface area contributed by atoms with Gasteiger partial charge in [0, 0.05) is 17.4 Å². The molecule has 3 atom stereocenters. The highest BCUT2D eigenvalue weighted by Crippen LogP contribution is 2.14. The average molecular weight is 454 g/mol. The van der Waals surface area contributed by atoms with Crippen molar-refractivity contribution in [2.24, 2.45) is 11.8 Å². The predicted octanol–water partition coefficient (Wildman–Crippen LogP) is 5.07. The standard InChI is InChI=1S/C24H39NO5S/c1-16(2)9-7-10-17(3)11-8-12-18(4)13-14-31-15-21(24(29)30)25-22(26)19(5)20(6)23(27)28/h9,11,13,19-21H,7-8,10,12,14-15H2,1-6H3,(H,25,26)(H,27,28)(H,29,30)/b17-11+,18-13+/t19-,20?,21+/m1/s1. The molecule has 3 N–H and O–H groups in total. The number of rotatable bonds is 15. The van der Waals surface area contributed by atoms with Crippen molar-refractivity contribution >= 4 is 29.6 Å². The number of aliphatic carboxylic acids is 2. The van der Waals surface area contributed by atoms with Crippen LogP contribution in [0.1, 0.15) is 67.2 Å². The smallest absolute Gasteiger partial charge is 0.327 e. The maximum absolute atomic E-state index is 12.1. The molecule has 176 valence electrons. The van der Waals surface area contributed by atoms with E-state index in [0.29, 0.717) is 5.75 Å². The minimum Gasteiger partial charge on any atom is -0.481 e. The summed E-state index contributed by atoms with van der Waals surface area (Å²) in [6, 6.07) is -1.04. The number of carbonyl (C=O) groups excluding carboxylic acids is 1. The van der Waals surface area contributed by atoms with Gasteiger partial charge in [-0.2, -0.15) is 11.8 Å². The van der Waals surface area contributed by atoms with Crippen LogP contribution in [0.4, 0.5) is 0 Å². The first-order valence-electron chi connectivity index (χ1n) is 10.7. The van der Waals surface area contributed by atoms with E-state index in [9.17, 15) is 19.5 Å². The Balaban J connectivity index is 4.41. The maximum atomic E-state index is 12.1. The Hall–Kier alpha value is -2.02. The molecule has 0 aliphatic rings. The van der Waals surface area contributed by atoms with Crippen LogP contribution in [0.2, 0.25) is 0 Å². The van der Waals surface area contributed by atoms with Gasteiger partial charge in [-0.05, 0) is 53.4 Å². The van der Waals surface area contributed by atoms with E-state index in [-0.39, 0.29) is 5.75 Å². The lowest BCUT2D eigenvalue weighted by Crippen LogP contribution is -2.46. The van der Waals surface area contributed by atoms with E-state index >= 15 is 0 Å². The number of amides is 1. The molecule has 31 heavy (non-hydrogen) atoms. The molecule has 0 aromatic heterocycles. The topological polar surface area (TPSA) is 104 Å². The molecule has 0 aliphatic heterocycles. The highest BCUT2D eigenvalue weighted by atomic mass is 32.2. The summed E-state index contributed by atoms with van der Waals surface area (Å²) in [7, 11) is 0. The largest absolute Gasteiger partial charge is 0.481 e. The Morgan fingerprint density at radius 3 is 1.90 bits per heavy atom. The first-order chi connectivity index (χ1) is 14.5. The van der Waals surface area contributed by atoms with Crippen LogP contribution in [0.25, 0.3) is 0 Å². The van der Waals surface area contributed by atoms with E-state index < -0.39 is 35.7 Å². The molecule has 0 aliphatic carbocycles. The van der Waals surface area contributed by atoms with Gasteiger partial charge in [0.2, 0.25) is 5.91 Å².